The van der Waals surface area contributed by atoms with Crippen molar-refractivity contribution in [2.24, 2.45) is 0 Å². The topological polar surface area (TPSA) is 29.1 Å². The lowest BCUT2D eigenvalue weighted by atomic mass is 10.1. The molecule has 0 heterocycles. The van der Waals surface area contributed by atoms with E-state index in [0.29, 0.717) is 10.7 Å². The highest BCUT2D eigenvalue weighted by molar-refractivity contribution is 6.30. The van der Waals surface area contributed by atoms with Crippen LogP contribution in [0.15, 0.2) is 42.5 Å². The zero-order chi connectivity index (χ0) is 13.1. The van der Waals surface area contributed by atoms with Crippen LogP contribution in [0, 0.1) is 12.7 Å². The van der Waals surface area contributed by atoms with Crippen molar-refractivity contribution < 1.29 is 9.18 Å². The van der Waals surface area contributed by atoms with Crippen molar-refractivity contribution >= 4 is 23.2 Å². The fourth-order valence-corrected chi connectivity index (χ4v) is 1.77. The first kappa shape index (κ1) is 12.6. The Bertz CT molecular complexity index is 598. The molecule has 0 aromatic heterocycles. The first-order valence-electron chi connectivity index (χ1n) is 5.39. The molecule has 0 saturated heterocycles. The highest BCUT2D eigenvalue weighted by atomic mass is 35.5. The lowest BCUT2D eigenvalue weighted by Gasteiger charge is -2.07. The Kier molecular flexibility index (Phi) is 3.63. The zero-order valence-electron chi connectivity index (χ0n) is 9.71. The van der Waals surface area contributed by atoms with Crippen molar-refractivity contribution in [3.05, 3.63) is 64.4 Å². The molecule has 2 aromatic carbocycles. The number of aryl methyl sites for hydroxylation is 1. The molecule has 0 bridgehead atoms. The molecular weight excluding hydrogens is 253 g/mol. The summed E-state index contributed by atoms with van der Waals surface area (Å²) in [5, 5.41) is 3.12. The van der Waals surface area contributed by atoms with E-state index in [1.165, 1.54) is 12.1 Å². The smallest absolute Gasteiger partial charge is 0.258 e. The summed E-state index contributed by atoms with van der Waals surface area (Å²) >= 11 is 5.81. The highest BCUT2D eigenvalue weighted by Crippen LogP contribution is 2.17. The summed E-state index contributed by atoms with van der Waals surface area (Å²) in [7, 11) is 0. The second kappa shape index (κ2) is 5.19. The molecule has 4 heteroatoms. The standard InChI is InChI=1S/C14H11ClFNO/c1-9-5-6-13(16)12(7-9)14(18)17-11-4-2-3-10(15)8-11/h2-8H,1H3,(H,17,18). The molecule has 2 rings (SSSR count). The molecule has 0 aliphatic heterocycles. The van der Waals surface area contributed by atoms with Gasteiger partial charge in [0.25, 0.3) is 5.91 Å². The predicted octanol–water partition coefficient (Wildman–Crippen LogP) is 4.04. The fourth-order valence-electron chi connectivity index (χ4n) is 1.58. The second-order valence-electron chi connectivity index (χ2n) is 3.95. The van der Waals surface area contributed by atoms with Crippen molar-refractivity contribution in [1.82, 2.24) is 0 Å². The van der Waals surface area contributed by atoms with Gasteiger partial charge >= 0.3 is 0 Å². The third kappa shape index (κ3) is 2.87. The molecule has 0 fully saturated rings. The Morgan fingerprint density at radius 2 is 2.00 bits per heavy atom. The maximum atomic E-state index is 13.5. The van der Waals surface area contributed by atoms with Crippen LogP contribution in [-0.2, 0) is 0 Å². The zero-order valence-corrected chi connectivity index (χ0v) is 10.5. The summed E-state index contributed by atoms with van der Waals surface area (Å²) in [6, 6.07) is 11.1. The van der Waals surface area contributed by atoms with Gasteiger partial charge in [0.1, 0.15) is 5.82 Å². The van der Waals surface area contributed by atoms with E-state index in [0.717, 1.165) is 5.56 Å². The largest absolute Gasteiger partial charge is 0.322 e. The second-order valence-corrected chi connectivity index (χ2v) is 4.38. The van der Waals surface area contributed by atoms with Gasteiger partial charge in [0, 0.05) is 10.7 Å². The van der Waals surface area contributed by atoms with E-state index >= 15 is 0 Å². The third-order valence-corrected chi connectivity index (χ3v) is 2.68. The molecule has 0 aliphatic carbocycles. The minimum Gasteiger partial charge on any atom is -0.322 e. The van der Waals surface area contributed by atoms with Gasteiger partial charge in [0.2, 0.25) is 0 Å². The minimum atomic E-state index is -0.542. The lowest BCUT2D eigenvalue weighted by Crippen LogP contribution is -2.13. The Morgan fingerprint density at radius 3 is 2.72 bits per heavy atom. The number of hydrogen-bond acceptors (Lipinski definition) is 1. The number of hydrogen-bond donors (Lipinski definition) is 1. The van der Waals surface area contributed by atoms with Crippen LogP contribution in [0.1, 0.15) is 15.9 Å². The lowest BCUT2D eigenvalue weighted by molar-refractivity contribution is 0.102. The van der Waals surface area contributed by atoms with E-state index in [-0.39, 0.29) is 5.56 Å². The third-order valence-electron chi connectivity index (χ3n) is 2.45. The summed E-state index contributed by atoms with van der Waals surface area (Å²) in [6.45, 7) is 1.80. The van der Waals surface area contributed by atoms with E-state index in [2.05, 4.69) is 5.32 Å². The van der Waals surface area contributed by atoms with Crippen LogP contribution in [0.4, 0.5) is 10.1 Å². The molecule has 0 spiro atoms. The number of rotatable bonds is 2. The number of halogens is 2. The van der Waals surface area contributed by atoms with Gasteiger partial charge < -0.3 is 5.32 Å². The molecule has 0 unspecified atom stereocenters. The number of carbonyl (C=O) groups is 1. The Labute approximate surface area is 109 Å². The molecular formula is C14H11ClFNO. The number of amides is 1. The molecule has 18 heavy (non-hydrogen) atoms. The molecule has 0 aliphatic rings. The monoisotopic (exact) mass is 263 g/mol. The molecule has 2 aromatic rings. The van der Waals surface area contributed by atoms with Crippen LogP contribution >= 0.6 is 11.6 Å². The Balaban J connectivity index is 2.24. The SMILES string of the molecule is Cc1ccc(F)c(C(=O)Nc2cccc(Cl)c2)c1. The molecule has 1 N–H and O–H groups in total. The number of benzene rings is 2. The van der Waals surface area contributed by atoms with Gasteiger partial charge in [0.05, 0.1) is 5.56 Å². The van der Waals surface area contributed by atoms with E-state index in [1.807, 2.05) is 0 Å². The molecule has 0 radical (unpaired) electrons. The normalized spacial score (nSPS) is 10.2. The summed E-state index contributed by atoms with van der Waals surface area (Å²) in [5.41, 5.74) is 1.39. The molecule has 0 atom stereocenters. The van der Waals surface area contributed by atoms with E-state index < -0.39 is 11.7 Å². The first-order valence-corrected chi connectivity index (χ1v) is 5.77. The van der Waals surface area contributed by atoms with Crippen molar-refractivity contribution in [2.45, 2.75) is 6.92 Å². The average molecular weight is 264 g/mol. The van der Waals surface area contributed by atoms with Crippen molar-refractivity contribution in [2.75, 3.05) is 5.32 Å². The minimum absolute atomic E-state index is 0.0231. The van der Waals surface area contributed by atoms with Crippen LogP contribution in [0.2, 0.25) is 5.02 Å². The van der Waals surface area contributed by atoms with Crippen LogP contribution < -0.4 is 5.32 Å². The number of anilines is 1. The van der Waals surface area contributed by atoms with Crippen molar-refractivity contribution in [1.29, 1.82) is 0 Å². The van der Waals surface area contributed by atoms with Gasteiger partial charge in [-0.3, -0.25) is 4.79 Å². The van der Waals surface area contributed by atoms with Crippen LogP contribution in [0.5, 0.6) is 0 Å². The summed E-state index contributed by atoms with van der Waals surface area (Å²) in [4.78, 5) is 11.9. The Hall–Kier alpha value is -1.87. The van der Waals surface area contributed by atoms with Crippen LogP contribution in [0.25, 0.3) is 0 Å². The van der Waals surface area contributed by atoms with E-state index in [9.17, 15) is 9.18 Å². The fraction of sp³-hybridized carbons (Fsp3) is 0.0714. The molecule has 0 saturated carbocycles. The summed E-state index contributed by atoms with van der Waals surface area (Å²) in [5.74, 6) is -1.03. The van der Waals surface area contributed by atoms with Crippen molar-refractivity contribution in [3.63, 3.8) is 0 Å². The van der Waals surface area contributed by atoms with Crippen LogP contribution in [-0.4, -0.2) is 5.91 Å². The van der Waals surface area contributed by atoms with E-state index in [1.54, 1.807) is 37.3 Å². The van der Waals surface area contributed by atoms with E-state index in [4.69, 9.17) is 11.6 Å². The molecule has 1 amide bonds. The maximum absolute atomic E-state index is 13.5. The highest BCUT2D eigenvalue weighted by Gasteiger charge is 2.11. The first-order chi connectivity index (χ1) is 8.56. The Morgan fingerprint density at radius 1 is 1.22 bits per heavy atom. The predicted molar refractivity (Wildman–Crippen MR) is 70.5 cm³/mol. The van der Waals surface area contributed by atoms with Gasteiger partial charge in [-0.15, -0.1) is 0 Å². The quantitative estimate of drug-likeness (QED) is 0.870. The van der Waals surface area contributed by atoms with Gasteiger partial charge in [-0.1, -0.05) is 29.3 Å². The van der Waals surface area contributed by atoms with Gasteiger partial charge in [-0.05, 0) is 37.3 Å². The van der Waals surface area contributed by atoms with Crippen molar-refractivity contribution in [3.8, 4) is 0 Å². The maximum Gasteiger partial charge on any atom is 0.258 e. The van der Waals surface area contributed by atoms with Gasteiger partial charge in [0.15, 0.2) is 0 Å². The number of nitrogens with one attached hydrogen (secondary N) is 1. The van der Waals surface area contributed by atoms with Gasteiger partial charge in [-0.2, -0.15) is 0 Å². The van der Waals surface area contributed by atoms with Gasteiger partial charge in [-0.25, -0.2) is 4.39 Å². The number of carbonyl (C=O) groups excluding carboxylic acids is 1. The molecule has 2 nitrogen and oxygen atoms in total. The van der Waals surface area contributed by atoms with Crippen LogP contribution in [0.3, 0.4) is 0 Å². The average Bonchev–Trinajstić information content (AvgIpc) is 2.32. The summed E-state index contributed by atoms with van der Waals surface area (Å²) < 4.78 is 13.5. The summed E-state index contributed by atoms with van der Waals surface area (Å²) in [6.07, 6.45) is 0. The molecule has 92 valence electrons.